The van der Waals surface area contributed by atoms with Crippen molar-refractivity contribution in [3.05, 3.63) is 41.7 Å². The first-order valence-electron chi connectivity index (χ1n) is 4.14. The Morgan fingerprint density at radius 1 is 1.25 bits per heavy atom. The Morgan fingerprint density at radius 3 is 2.25 bits per heavy atom. The molecule has 0 radical (unpaired) electrons. The van der Waals surface area contributed by atoms with Crippen molar-refractivity contribution >= 4 is 19.9 Å². The summed E-state index contributed by atoms with van der Waals surface area (Å²) in [5, 5.41) is 8.66. The van der Waals surface area contributed by atoms with E-state index < -0.39 is 19.6 Å². The first-order valence-corrected chi connectivity index (χ1v) is 5.67. The van der Waals surface area contributed by atoms with E-state index in [1.807, 2.05) is 0 Å². The maximum atomic E-state index is 10.6. The van der Waals surface area contributed by atoms with Gasteiger partial charge in [0.2, 0.25) is 5.76 Å². The molecule has 0 aliphatic rings. The van der Waals surface area contributed by atoms with Crippen molar-refractivity contribution in [1.82, 2.24) is 0 Å². The van der Waals surface area contributed by atoms with Gasteiger partial charge >= 0.3 is 13.8 Å². The highest BCUT2D eigenvalue weighted by Crippen LogP contribution is 2.39. The molecule has 0 atom stereocenters. The molecule has 0 heterocycles. The van der Waals surface area contributed by atoms with Crippen LogP contribution in [0.5, 0.6) is 0 Å². The first kappa shape index (κ1) is 12.4. The summed E-state index contributed by atoms with van der Waals surface area (Å²) in [6, 6.07) is 8.19. The fraction of sp³-hybridized carbons (Fsp3) is 0. The molecule has 1 aromatic carbocycles. The molecule has 3 N–H and O–H groups in total. The van der Waals surface area contributed by atoms with Gasteiger partial charge in [-0.25, -0.2) is 9.36 Å². The normalized spacial score (nSPS) is 12.2. The van der Waals surface area contributed by atoms with Crippen molar-refractivity contribution in [3.8, 4) is 0 Å². The Morgan fingerprint density at radius 2 is 1.81 bits per heavy atom. The van der Waals surface area contributed by atoms with Crippen molar-refractivity contribution in [2.45, 2.75) is 0 Å². The van der Waals surface area contributed by atoms with Crippen molar-refractivity contribution in [1.29, 1.82) is 0 Å². The summed E-state index contributed by atoms with van der Waals surface area (Å²) >= 11 is 0. The summed E-state index contributed by atoms with van der Waals surface area (Å²) in [7, 11) is -4.86. The molecule has 16 heavy (non-hydrogen) atoms. The minimum atomic E-state index is -4.86. The van der Waals surface area contributed by atoms with Crippen LogP contribution in [0.2, 0.25) is 0 Å². The summed E-state index contributed by atoms with van der Waals surface area (Å²) in [6.45, 7) is 0. The van der Waals surface area contributed by atoms with E-state index >= 15 is 0 Å². The van der Waals surface area contributed by atoms with Crippen LogP contribution in [0.4, 0.5) is 0 Å². The van der Waals surface area contributed by atoms with E-state index in [4.69, 9.17) is 14.9 Å². The zero-order valence-electron chi connectivity index (χ0n) is 7.98. The Hall–Kier alpha value is -1.62. The number of benzene rings is 1. The van der Waals surface area contributed by atoms with Gasteiger partial charge in [-0.1, -0.05) is 30.3 Å². The largest absolute Gasteiger partial charge is 0.525 e. The Bertz CT molecular complexity index is 446. The van der Waals surface area contributed by atoms with Crippen LogP contribution in [0.25, 0.3) is 6.08 Å². The molecule has 6 nitrogen and oxygen atoms in total. The highest BCUT2D eigenvalue weighted by molar-refractivity contribution is 7.46. The number of rotatable bonds is 4. The van der Waals surface area contributed by atoms with Crippen LogP contribution in [-0.2, 0) is 13.9 Å². The lowest BCUT2D eigenvalue weighted by atomic mass is 10.2. The van der Waals surface area contributed by atoms with Crippen LogP contribution in [0.15, 0.2) is 36.1 Å². The second-order valence-corrected chi connectivity index (χ2v) is 3.97. The van der Waals surface area contributed by atoms with Crippen molar-refractivity contribution < 1.29 is 28.8 Å². The monoisotopic (exact) mass is 244 g/mol. The summed E-state index contributed by atoms with van der Waals surface area (Å²) in [5.74, 6) is -2.35. The van der Waals surface area contributed by atoms with E-state index in [1.54, 1.807) is 30.3 Å². The SMILES string of the molecule is O=C(O)/C(=C/c1ccccc1)OP(=O)(O)O. The number of carboxylic acids is 1. The first-order chi connectivity index (χ1) is 7.38. The number of carbonyl (C=O) groups is 1. The molecule has 0 fully saturated rings. The van der Waals surface area contributed by atoms with E-state index in [2.05, 4.69) is 4.52 Å². The molecule has 0 spiro atoms. The molecular formula is C9H9O6P. The van der Waals surface area contributed by atoms with Gasteiger partial charge in [0.1, 0.15) is 0 Å². The van der Waals surface area contributed by atoms with Crippen molar-refractivity contribution in [2.75, 3.05) is 0 Å². The van der Waals surface area contributed by atoms with Crippen LogP contribution in [0.1, 0.15) is 5.56 Å². The van der Waals surface area contributed by atoms with Gasteiger partial charge in [0.25, 0.3) is 0 Å². The lowest BCUT2D eigenvalue weighted by Crippen LogP contribution is -2.03. The number of hydrogen-bond donors (Lipinski definition) is 3. The van der Waals surface area contributed by atoms with Crippen LogP contribution in [0.3, 0.4) is 0 Å². The van der Waals surface area contributed by atoms with Gasteiger partial charge in [-0.05, 0) is 11.6 Å². The zero-order valence-corrected chi connectivity index (χ0v) is 8.87. The fourth-order valence-corrected chi connectivity index (χ4v) is 1.34. The second-order valence-electron chi connectivity index (χ2n) is 2.81. The third-order valence-electron chi connectivity index (χ3n) is 1.53. The summed E-state index contributed by atoms with van der Waals surface area (Å²) < 4.78 is 14.5. The van der Waals surface area contributed by atoms with Gasteiger partial charge in [-0.2, -0.15) is 0 Å². The van der Waals surface area contributed by atoms with Crippen molar-refractivity contribution in [3.63, 3.8) is 0 Å². The van der Waals surface area contributed by atoms with Crippen LogP contribution < -0.4 is 0 Å². The molecular weight excluding hydrogens is 235 g/mol. The third kappa shape index (κ3) is 4.27. The Balaban J connectivity index is 3.00. The summed E-state index contributed by atoms with van der Waals surface area (Å²) in [4.78, 5) is 27.6. The van der Waals surface area contributed by atoms with E-state index in [9.17, 15) is 9.36 Å². The number of hydrogen-bond acceptors (Lipinski definition) is 3. The van der Waals surface area contributed by atoms with E-state index in [0.717, 1.165) is 6.08 Å². The summed E-state index contributed by atoms with van der Waals surface area (Å²) in [5.41, 5.74) is 0.466. The maximum Gasteiger partial charge on any atom is 0.525 e. The molecule has 1 rings (SSSR count). The van der Waals surface area contributed by atoms with Gasteiger partial charge in [-0.15, -0.1) is 0 Å². The fourth-order valence-electron chi connectivity index (χ4n) is 0.956. The molecule has 0 saturated heterocycles. The predicted molar refractivity (Wildman–Crippen MR) is 55.2 cm³/mol. The van der Waals surface area contributed by atoms with E-state index in [0.29, 0.717) is 5.56 Å². The number of carboxylic acid groups (broad SMARTS) is 1. The third-order valence-corrected chi connectivity index (χ3v) is 1.96. The summed E-state index contributed by atoms with van der Waals surface area (Å²) in [6.07, 6.45) is 1.03. The smallest absolute Gasteiger partial charge is 0.475 e. The second kappa shape index (κ2) is 4.94. The predicted octanol–water partition coefficient (Wildman–Crippen LogP) is 1.22. The van der Waals surface area contributed by atoms with Gasteiger partial charge < -0.3 is 9.63 Å². The highest BCUT2D eigenvalue weighted by Gasteiger charge is 2.22. The quantitative estimate of drug-likeness (QED) is 0.418. The molecule has 86 valence electrons. The number of phosphoric ester groups is 1. The molecule has 0 aliphatic carbocycles. The average Bonchev–Trinajstić information content (AvgIpc) is 2.16. The zero-order chi connectivity index (χ0) is 12.2. The molecule has 0 aromatic heterocycles. The van der Waals surface area contributed by atoms with E-state index in [1.165, 1.54) is 0 Å². The minimum absolute atomic E-state index is 0.466. The Kier molecular flexibility index (Phi) is 3.84. The molecule has 0 unspecified atom stereocenters. The van der Waals surface area contributed by atoms with Gasteiger partial charge in [-0.3, -0.25) is 9.79 Å². The van der Waals surface area contributed by atoms with Gasteiger partial charge in [0.15, 0.2) is 0 Å². The minimum Gasteiger partial charge on any atom is -0.475 e. The molecule has 0 aliphatic heterocycles. The lowest BCUT2D eigenvalue weighted by Gasteiger charge is -2.06. The standard InChI is InChI=1S/C9H9O6P/c10-9(11)8(15-16(12,13)14)6-7-4-2-1-3-5-7/h1-6H,(H,10,11)(H2,12,13,14)/b8-6-. The maximum absolute atomic E-state index is 10.6. The van der Waals surface area contributed by atoms with Crippen LogP contribution in [0, 0.1) is 0 Å². The van der Waals surface area contributed by atoms with Crippen LogP contribution >= 0.6 is 7.82 Å². The molecule has 1 aromatic rings. The molecule has 7 heteroatoms. The number of phosphoric acid groups is 1. The highest BCUT2D eigenvalue weighted by atomic mass is 31.2. The van der Waals surface area contributed by atoms with Crippen molar-refractivity contribution in [2.24, 2.45) is 0 Å². The molecule has 0 amide bonds. The molecule has 0 bridgehead atoms. The Labute approximate surface area is 91.0 Å². The van der Waals surface area contributed by atoms with Gasteiger partial charge in [0.05, 0.1) is 0 Å². The average molecular weight is 244 g/mol. The molecule has 0 saturated carbocycles. The van der Waals surface area contributed by atoms with Gasteiger partial charge in [0, 0.05) is 0 Å². The van der Waals surface area contributed by atoms with Crippen LogP contribution in [-0.4, -0.2) is 20.9 Å². The van der Waals surface area contributed by atoms with E-state index in [-0.39, 0.29) is 0 Å². The topological polar surface area (TPSA) is 104 Å². The number of aliphatic carboxylic acids is 1. The lowest BCUT2D eigenvalue weighted by molar-refractivity contribution is -0.135.